The van der Waals surface area contributed by atoms with Gasteiger partial charge in [-0.15, -0.1) is 0 Å². The van der Waals surface area contributed by atoms with Crippen molar-refractivity contribution in [2.75, 3.05) is 31.5 Å². The minimum atomic E-state index is -2.55. The van der Waals surface area contributed by atoms with E-state index in [9.17, 15) is 4.79 Å². The van der Waals surface area contributed by atoms with Crippen LogP contribution in [0.1, 0.15) is 28.5 Å². The first-order valence-corrected chi connectivity index (χ1v) is 8.11. The summed E-state index contributed by atoms with van der Waals surface area (Å²) in [5.74, 6) is 0.0853. The van der Waals surface area contributed by atoms with E-state index in [0.717, 1.165) is 10.5 Å². The van der Waals surface area contributed by atoms with Gasteiger partial charge in [-0.05, 0) is 36.2 Å². The Bertz CT molecular complexity index is 1020. The minimum absolute atomic E-state index is 0.000248. The van der Waals surface area contributed by atoms with Gasteiger partial charge >= 0.3 is 0 Å². The van der Waals surface area contributed by atoms with E-state index in [4.69, 9.17) is 21.8 Å². The summed E-state index contributed by atoms with van der Waals surface area (Å²) in [6.45, 7) is -2.97. The standard InChI is InChI=1S/C17H18ClN5O2/c1-3-21-15(24)13-14(22-9-8-19-17(21)22)20-16(18)23(13)10-11-4-6-12(25-2)7-5-11/h4-7H,3,8-10H2,1-2H3/i8D2,9D2. The van der Waals surface area contributed by atoms with Crippen molar-refractivity contribution in [2.24, 2.45) is 4.99 Å². The number of hydrogen-bond donors (Lipinski definition) is 0. The first kappa shape index (κ1) is 11.9. The summed E-state index contributed by atoms with van der Waals surface area (Å²) in [6, 6.07) is 7.22. The Balaban J connectivity index is 1.84. The highest BCUT2D eigenvalue weighted by Gasteiger charge is 2.40. The van der Waals surface area contributed by atoms with Gasteiger partial charge in [0.15, 0.2) is 11.5 Å². The number of amides is 1. The van der Waals surface area contributed by atoms with Gasteiger partial charge in [0.2, 0.25) is 11.2 Å². The smallest absolute Gasteiger partial charge is 0.281 e. The number of fused-ring (bicyclic) bond motifs is 3. The number of nitrogens with zero attached hydrogens (tertiary/aromatic N) is 5. The van der Waals surface area contributed by atoms with Gasteiger partial charge in [-0.2, -0.15) is 4.98 Å². The normalized spacial score (nSPS) is 22.4. The summed E-state index contributed by atoms with van der Waals surface area (Å²) in [5, 5.41) is -0.000248. The summed E-state index contributed by atoms with van der Waals surface area (Å²) in [5.41, 5.74) is 0.927. The second kappa shape index (κ2) is 6.07. The second-order valence-corrected chi connectivity index (χ2v) is 5.85. The third-order valence-electron chi connectivity index (χ3n) is 4.14. The topological polar surface area (TPSA) is 63.0 Å². The zero-order valence-corrected chi connectivity index (χ0v) is 14.4. The molecule has 0 saturated carbocycles. The van der Waals surface area contributed by atoms with Gasteiger partial charge < -0.3 is 9.30 Å². The highest BCUT2D eigenvalue weighted by atomic mass is 35.5. The molecule has 25 heavy (non-hydrogen) atoms. The number of hydrogen-bond acceptors (Lipinski definition) is 5. The molecule has 0 aliphatic carbocycles. The van der Waals surface area contributed by atoms with Crippen LogP contribution in [-0.2, 0) is 6.54 Å². The van der Waals surface area contributed by atoms with Gasteiger partial charge in [0, 0.05) is 13.0 Å². The molecule has 1 aromatic carbocycles. The van der Waals surface area contributed by atoms with Crippen molar-refractivity contribution in [2.45, 2.75) is 13.5 Å². The van der Waals surface area contributed by atoms with Gasteiger partial charge in [-0.25, -0.2) is 0 Å². The van der Waals surface area contributed by atoms with Crippen LogP contribution in [0.2, 0.25) is 5.28 Å². The lowest BCUT2D eigenvalue weighted by atomic mass is 10.2. The quantitative estimate of drug-likeness (QED) is 0.835. The number of halogens is 1. The van der Waals surface area contributed by atoms with E-state index >= 15 is 0 Å². The number of methoxy groups -OCH3 is 1. The minimum Gasteiger partial charge on any atom is -0.497 e. The number of aliphatic imine (C=N–C) groups is 1. The number of rotatable bonds is 4. The van der Waals surface area contributed by atoms with E-state index < -0.39 is 18.9 Å². The van der Waals surface area contributed by atoms with Crippen LogP contribution >= 0.6 is 11.6 Å². The Kier molecular flexibility index (Phi) is 2.90. The second-order valence-electron chi connectivity index (χ2n) is 5.51. The van der Waals surface area contributed by atoms with Crippen molar-refractivity contribution in [3.05, 3.63) is 40.8 Å². The number of anilines is 1. The molecule has 0 N–H and O–H groups in total. The average Bonchev–Trinajstić information content (AvgIpc) is 3.07. The van der Waals surface area contributed by atoms with Crippen molar-refractivity contribution in [3.63, 3.8) is 0 Å². The van der Waals surface area contributed by atoms with E-state index in [-0.39, 0.29) is 35.8 Å². The van der Waals surface area contributed by atoms with Crippen LogP contribution in [-0.4, -0.2) is 53.0 Å². The fraction of sp³-hybridized carbons (Fsp3) is 0.353. The van der Waals surface area contributed by atoms with E-state index in [1.54, 1.807) is 26.2 Å². The first-order chi connectivity index (χ1) is 13.6. The molecule has 0 saturated heterocycles. The maximum absolute atomic E-state index is 13.2. The fourth-order valence-corrected chi connectivity index (χ4v) is 3.12. The molecule has 0 unspecified atom stereocenters. The SMILES string of the molecule is [2H]C1([2H])N=C2N(CC)C(=O)c3c(nc(Cl)n3Cc3ccc(OC)cc3)N2C1([2H])[2H]. The third kappa shape index (κ3) is 2.46. The van der Waals surface area contributed by atoms with Crippen LogP contribution in [0.4, 0.5) is 5.82 Å². The van der Waals surface area contributed by atoms with Gasteiger partial charge in [0.05, 0.1) is 25.6 Å². The zero-order chi connectivity index (χ0) is 21.1. The molecule has 7 nitrogen and oxygen atoms in total. The largest absolute Gasteiger partial charge is 0.497 e. The van der Waals surface area contributed by atoms with Crippen molar-refractivity contribution >= 4 is 29.3 Å². The molecule has 2 aromatic rings. The fourth-order valence-electron chi connectivity index (χ4n) is 2.90. The predicted octanol–water partition coefficient (Wildman–Crippen LogP) is 2.25. The van der Waals surface area contributed by atoms with Crippen LogP contribution in [0.15, 0.2) is 29.3 Å². The predicted molar refractivity (Wildman–Crippen MR) is 95.7 cm³/mol. The van der Waals surface area contributed by atoms with Crippen molar-refractivity contribution in [1.82, 2.24) is 14.5 Å². The number of aromatic nitrogens is 2. The summed E-state index contributed by atoms with van der Waals surface area (Å²) in [4.78, 5) is 23.5. The Morgan fingerprint density at radius 3 is 2.80 bits per heavy atom. The van der Waals surface area contributed by atoms with Crippen LogP contribution in [0.25, 0.3) is 0 Å². The maximum atomic E-state index is 13.2. The molecule has 0 spiro atoms. The lowest BCUT2D eigenvalue weighted by Crippen LogP contribution is -2.50. The van der Waals surface area contributed by atoms with Crippen LogP contribution < -0.4 is 9.64 Å². The monoisotopic (exact) mass is 363 g/mol. The average molecular weight is 364 g/mol. The summed E-state index contributed by atoms with van der Waals surface area (Å²) in [7, 11) is 1.57. The molecule has 2 aliphatic heterocycles. The molecule has 0 bridgehead atoms. The number of carbonyl (C=O) groups excluding carboxylic acids is 1. The van der Waals surface area contributed by atoms with Crippen molar-refractivity contribution < 1.29 is 15.0 Å². The summed E-state index contributed by atoms with van der Waals surface area (Å²) < 4.78 is 39.2. The maximum Gasteiger partial charge on any atom is 0.281 e. The molecule has 0 radical (unpaired) electrons. The molecule has 0 atom stereocenters. The van der Waals surface area contributed by atoms with Crippen molar-refractivity contribution in [1.29, 1.82) is 0 Å². The van der Waals surface area contributed by atoms with Crippen LogP contribution in [0.5, 0.6) is 5.75 Å². The first-order valence-electron chi connectivity index (χ1n) is 9.73. The zero-order valence-electron chi connectivity index (χ0n) is 17.7. The molecule has 8 heteroatoms. The van der Waals surface area contributed by atoms with Gasteiger partial charge in [0.25, 0.3) is 5.91 Å². The lowest BCUT2D eigenvalue weighted by molar-refractivity contribution is 0.0836. The van der Waals surface area contributed by atoms with Crippen LogP contribution in [0.3, 0.4) is 0 Å². The summed E-state index contributed by atoms with van der Waals surface area (Å²) >= 11 is 6.33. The van der Waals surface area contributed by atoms with Gasteiger partial charge in [-0.1, -0.05) is 12.1 Å². The molecule has 1 aromatic heterocycles. The van der Waals surface area contributed by atoms with E-state index in [1.807, 2.05) is 12.1 Å². The number of benzene rings is 1. The van der Waals surface area contributed by atoms with E-state index in [2.05, 4.69) is 9.98 Å². The highest BCUT2D eigenvalue weighted by Crippen LogP contribution is 2.33. The molecule has 0 fully saturated rings. The molecular formula is C17H18ClN5O2. The number of imidazole rings is 1. The summed E-state index contributed by atoms with van der Waals surface area (Å²) in [6.07, 6.45) is 0. The molecule has 2 aliphatic rings. The van der Waals surface area contributed by atoms with Gasteiger partial charge in [0.1, 0.15) is 5.75 Å². The van der Waals surface area contributed by atoms with E-state index in [1.165, 1.54) is 9.47 Å². The number of ether oxygens (including phenoxy) is 1. The molecule has 130 valence electrons. The number of carbonyl (C=O) groups is 1. The number of guanidine groups is 1. The Morgan fingerprint density at radius 2 is 2.12 bits per heavy atom. The molecule has 1 amide bonds. The lowest BCUT2D eigenvalue weighted by Gasteiger charge is -2.32. The van der Waals surface area contributed by atoms with E-state index in [0.29, 0.717) is 5.75 Å². The Hall–Kier alpha value is -2.54. The molecular weight excluding hydrogens is 342 g/mol. The molecule has 3 heterocycles. The Labute approximate surface area is 156 Å². The van der Waals surface area contributed by atoms with Crippen LogP contribution in [0, 0.1) is 0 Å². The molecule has 4 rings (SSSR count). The van der Waals surface area contributed by atoms with Crippen molar-refractivity contribution in [3.8, 4) is 5.75 Å². The van der Waals surface area contributed by atoms with Gasteiger partial charge in [-0.3, -0.25) is 19.6 Å². The highest BCUT2D eigenvalue weighted by molar-refractivity contribution is 6.30. The third-order valence-corrected chi connectivity index (χ3v) is 4.43. The Morgan fingerprint density at radius 1 is 1.36 bits per heavy atom.